The second-order valence-electron chi connectivity index (χ2n) is 5.02. The molecule has 2 N–H and O–H groups in total. The topological polar surface area (TPSA) is 49.3 Å². The zero-order valence-corrected chi connectivity index (χ0v) is 11.9. The van der Waals surface area contributed by atoms with E-state index in [2.05, 4.69) is 19.2 Å². The second-order valence-corrected chi connectivity index (χ2v) is 5.02. The van der Waals surface area contributed by atoms with Gasteiger partial charge in [0.1, 0.15) is 6.04 Å². The third-order valence-electron chi connectivity index (χ3n) is 3.29. The number of nitrogens with one attached hydrogen (secondary N) is 1. The first-order chi connectivity index (χ1) is 9.17. The van der Waals surface area contributed by atoms with Gasteiger partial charge in [0.15, 0.2) is 0 Å². The SMILES string of the molecule is CCCC(CCC)N[C@H](Cc1ccccc1)C(=O)O. The fraction of sp³-hybridized carbons (Fsp3) is 0.562. The van der Waals surface area contributed by atoms with E-state index in [1.165, 1.54) is 0 Å². The van der Waals surface area contributed by atoms with Crippen LogP contribution in [-0.4, -0.2) is 23.2 Å². The van der Waals surface area contributed by atoms with Crippen LogP contribution in [0.3, 0.4) is 0 Å². The van der Waals surface area contributed by atoms with E-state index in [-0.39, 0.29) is 0 Å². The third kappa shape index (κ3) is 5.88. The lowest BCUT2D eigenvalue weighted by Crippen LogP contribution is -2.44. The molecule has 19 heavy (non-hydrogen) atoms. The maximum atomic E-state index is 11.4. The molecule has 0 saturated carbocycles. The Balaban J connectivity index is 2.63. The predicted octanol–water partition coefficient (Wildman–Crippen LogP) is 3.24. The summed E-state index contributed by atoms with van der Waals surface area (Å²) in [6.45, 7) is 4.27. The average molecular weight is 263 g/mol. The van der Waals surface area contributed by atoms with Crippen molar-refractivity contribution in [1.29, 1.82) is 0 Å². The highest BCUT2D eigenvalue weighted by atomic mass is 16.4. The molecule has 0 aromatic heterocycles. The minimum atomic E-state index is -0.763. The van der Waals surface area contributed by atoms with Gasteiger partial charge in [0.25, 0.3) is 0 Å². The van der Waals surface area contributed by atoms with Gasteiger partial charge in [-0.15, -0.1) is 0 Å². The zero-order chi connectivity index (χ0) is 14.1. The Morgan fingerprint density at radius 2 is 1.74 bits per heavy atom. The lowest BCUT2D eigenvalue weighted by atomic mass is 10.0. The summed E-state index contributed by atoms with van der Waals surface area (Å²) in [7, 11) is 0. The van der Waals surface area contributed by atoms with Crippen LogP contribution in [0, 0.1) is 0 Å². The Morgan fingerprint density at radius 3 is 2.21 bits per heavy atom. The van der Waals surface area contributed by atoms with Gasteiger partial charge in [0.05, 0.1) is 0 Å². The third-order valence-corrected chi connectivity index (χ3v) is 3.29. The number of hydrogen-bond acceptors (Lipinski definition) is 2. The first-order valence-electron chi connectivity index (χ1n) is 7.20. The van der Waals surface area contributed by atoms with Gasteiger partial charge in [-0.1, -0.05) is 57.0 Å². The molecule has 3 heteroatoms. The zero-order valence-electron chi connectivity index (χ0n) is 11.9. The molecule has 0 unspecified atom stereocenters. The van der Waals surface area contributed by atoms with Crippen LogP contribution in [0.4, 0.5) is 0 Å². The summed E-state index contributed by atoms with van der Waals surface area (Å²) < 4.78 is 0. The smallest absolute Gasteiger partial charge is 0.321 e. The summed E-state index contributed by atoms with van der Waals surface area (Å²) in [5.41, 5.74) is 1.06. The van der Waals surface area contributed by atoms with E-state index in [1.54, 1.807) is 0 Å². The summed E-state index contributed by atoms with van der Waals surface area (Å²) in [4.78, 5) is 11.4. The molecule has 0 aliphatic heterocycles. The standard InChI is InChI=1S/C16H25NO2/c1-3-8-14(9-4-2)17-15(16(18)19)12-13-10-6-5-7-11-13/h5-7,10-11,14-15,17H,3-4,8-9,12H2,1-2H3,(H,18,19)/t15-/m1/s1. The van der Waals surface area contributed by atoms with Gasteiger partial charge in [0, 0.05) is 6.04 Å². The maximum Gasteiger partial charge on any atom is 0.321 e. The summed E-state index contributed by atoms with van der Waals surface area (Å²) in [5, 5.41) is 12.7. The summed E-state index contributed by atoms with van der Waals surface area (Å²) in [5.74, 6) is -0.763. The van der Waals surface area contributed by atoms with Crippen LogP contribution < -0.4 is 5.32 Å². The van der Waals surface area contributed by atoms with E-state index >= 15 is 0 Å². The quantitative estimate of drug-likeness (QED) is 0.719. The van der Waals surface area contributed by atoms with Crippen molar-refractivity contribution in [2.75, 3.05) is 0 Å². The molecule has 0 heterocycles. The molecule has 3 nitrogen and oxygen atoms in total. The Kier molecular flexibility index (Phi) is 7.19. The molecular formula is C16H25NO2. The fourth-order valence-corrected chi connectivity index (χ4v) is 2.36. The normalized spacial score (nSPS) is 12.6. The monoisotopic (exact) mass is 263 g/mol. The Bertz CT molecular complexity index is 358. The van der Waals surface area contributed by atoms with E-state index in [0.717, 1.165) is 31.2 Å². The number of hydrogen-bond donors (Lipinski definition) is 2. The summed E-state index contributed by atoms with van der Waals surface area (Å²) in [6, 6.07) is 9.61. The van der Waals surface area contributed by atoms with Crippen LogP contribution in [0.1, 0.15) is 45.1 Å². The lowest BCUT2D eigenvalue weighted by molar-refractivity contribution is -0.139. The van der Waals surface area contributed by atoms with Crippen LogP contribution >= 0.6 is 0 Å². The molecule has 0 aliphatic carbocycles. The van der Waals surface area contributed by atoms with E-state index in [9.17, 15) is 9.90 Å². The first kappa shape index (κ1) is 15.7. The molecule has 0 spiro atoms. The second kappa shape index (κ2) is 8.70. The number of benzene rings is 1. The highest BCUT2D eigenvalue weighted by molar-refractivity contribution is 5.74. The largest absolute Gasteiger partial charge is 0.480 e. The predicted molar refractivity (Wildman–Crippen MR) is 78.3 cm³/mol. The van der Waals surface area contributed by atoms with Crippen molar-refractivity contribution in [3.05, 3.63) is 35.9 Å². The van der Waals surface area contributed by atoms with E-state index in [4.69, 9.17) is 0 Å². The molecule has 106 valence electrons. The summed E-state index contributed by atoms with van der Waals surface area (Å²) in [6.07, 6.45) is 4.77. The van der Waals surface area contributed by atoms with Crippen molar-refractivity contribution in [3.63, 3.8) is 0 Å². The van der Waals surface area contributed by atoms with Crippen molar-refractivity contribution >= 4 is 5.97 Å². The van der Waals surface area contributed by atoms with Crippen LogP contribution in [0.2, 0.25) is 0 Å². The highest BCUT2D eigenvalue weighted by Crippen LogP contribution is 2.09. The van der Waals surface area contributed by atoms with Gasteiger partial charge in [-0.05, 0) is 24.8 Å². The number of carbonyl (C=O) groups is 1. The van der Waals surface area contributed by atoms with Crippen molar-refractivity contribution in [1.82, 2.24) is 5.32 Å². The lowest BCUT2D eigenvalue weighted by Gasteiger charge is -2.23. The molecule has 1 atom stereocenters. The van der Waals surface area contributed by atoms with E-state index < -0.39 is 12.0 Å². The molecule has 1 aromatic rings. The molecule has 1 aromatic carbocycles. The minimum absolute atomic E-state index is 0.305. The van der Waals surface area contributed by atoms with Crippen LogP contribution in [0.25, 0.3) is 0 Å². The molecule has 0 fully saturated rings. The molecule has 0 aliphatic rings. The first-order valence-corrected chi connectivity index (χ1v) is 7.20. The highest BCUT2D eigenvalue weighted by Gasteiger charge is 2.21. The van der Waals surface area contributed by atoms with E-state index in [0.29, 0.717) is 12.5 Å². The van der Waals surface area contributed by atoms with Crippen LogP contribution in [0.5, 0.6) is 0 Å². The molecule has 0 radical (unpaired) electrons. The maximum absolute atomic E-state index is 11.4. The van der Waals surface area contributed by atoms with Gasteiger partial charge in [-0.3, -0.25) is 4.79 Å². The Hall–Kier alpha value is -1.35. The van der Waals surface area contributed by atoms with Crippen LogP contribution in [0.15, 0.2) is 30.3 Å². The fourth-order valence-electron chi connectivity index (χ4n) is 2.36. The van der Waals surface area contributed by atoms with Crippen molar-refractivity contribution in [3.8, 4) is 0 Å². The van der Waals surface area contributed by atoms with Gasteiger partial charge >= 0.3 is 5.97 Å². The number of carboxylic acid groups (broad SMARTS) is 1. The Morgan fingerprint density at radius 1 is 1.16 bits per heavy atom. The van der Waals surface area contributed by atoms with E-state index in [1.807, 2.05) is 30.3 Å². The minimum Gasteiger partial charge on any atom is -0.480 e. The molecule has 0 bridgehead atoms. The number of rotatable bonds is 9. The van der Waals surface area contributed by atoms with Gasteiger partial charge in [0.2, 0.25) is 0 Å². The average Bonchev–Trinajstić information content (AvgIpc) is 2.39. The van der Waals surface area contributed by atoms with Crippen LogP contribution in [-0.2, 0) is 11.2 Å². The van der Waals surface area contributed by atoms with Crippen molar-refractivity contribution in [2.24, 2.45) is 0 Å². The molecular weight excluding hydrogens is 238 g/mol. The summed E-state index contributed by atoms with van der Waals surface area (Å²) >= 11 is 0. The van der Waals surface area contributed by atoms with Gasteiger partial charge < -0.3 is 10.4 Å². The molecule has 0 amide bonds. The van der Waals surface area contributed by atoms with Gasteiger partial charge in [-0.25, -0.2) is 0 Å². The number of aliphatic carboxylic acids is 1. The number of carboxylic acids is 1. The molecule has 1 rings (SSSR count). The van der Waals surface area contributed by atoms with Crippen molar-refractivity contribution in [2.45, 2.75) is 58.0 Å². The van der Waals surface area contributed by atoms with Crippen molar-refractivity contribution < 1.29 is 9.90 Å². The van der Waals surface area contributed by atoms with Gasteiger partial charge in [-0.2, -0.15) is 0 Å². The molecule has 0 saturated heterocycles. The Labute approximate surface area is 116 Å².